The van der Waals surface area contributed by atoms with Gasteiger partial charge in [-0.15, -0.1) is 22.7 Å². The van der Waals surface area contributed by atoms with Crippen LogP contribution >= 0.6 is 22.7 Å². The lowest BCUT2D eigenvalue weighted by atomic mass is 9.89. The topological polar surface area (TPSA) is 115 Å². The molecule has 10 heteroatoms. The van der Waals surface area contributed by atoms with Gasteiger partial charge in [-0.1, -0.05) is 189 Å². The minimum atomic E-state index is -1.03. The van der Waals surface area contributed by atoms with Crippen molar-refractivity contribution in [2.75, 3.05) is 13.1 Å². The Bertz CT molecular complexity index is 2850. The number of benzene rings is 6. The summed E-state index contributed by atoms with van der Waals surface area (Å²) in [6.07, 6.45) is 2.14. The molecule has 348 valence electrons. The van der Waals surface area contributed by atoms with Gasteiger partial charge in [-0.05, 0) is 79.9 Å². The van der Waals surface area contributed by atoms with E-state index in [1.54, 1.807) is 33.6 Å². The summed E-state index contributed by atoms with van der Waals surface area (Å²) in [5, 5.41) is 24.1. The van der Waals surface area contributed by atoms with Crippen LogP contribution in [0, 0.1) is 0 Å². The van der Waals surface area contributed by atoms with Crippen LogP contribution in [0.5, 0.6) is 0 Å². The number of carboxylic acids is 2. The molecule has 0 aliphatic carbocycles. The molecule has 1 fully saturated rings. The van der Waals surface area contributed by atoms with Crippen LogP contribution in [0.1, 0.15) is 65.0 Å². The molecule has 4 heterocycles. The molecule has 2 N–H and O–H groups in total. The second-order valence-corrected chi connectivity index (χ2v) is 18.7. The molecule has 1 unspecified atom stereocenters. The van der Waals surface area contributed by atoms with E-state index in [-0.39, 0.29) is 33.1 Å². The third-order valence-corrected chi connectivity index (χ3v) is 14.7. The summed E-state index contributed by atoms with van der Waals surface area (Å²) in [5.41, 5.74) is 8.66. The lowest BCUT2D eigenvalue weighted by Crippen LogP contribution is -2.43. The molecule has 2 aliphatic heterocycles. The number of carboxylic acid groups (broad SMARTS) is 2. The average Bonchev–Trinajstić information content (AvgIpc) is 4.23. The van der Waals surface area contributed by atoms with Crippen molar-refractivity contribution in [2.24, 2.45) is 0 Å². The van der Waals surface area contributed by atoms with Crippen molar-refractivity contribution >= 4 is 52.0 Å². The summed E-state index contributed by atoms with van der Waals surface area (Å²) in [6, 6.07) is 60.8. The summed E-state index contributed by atoms with van der Waals surface area (Å²) in [6.45, 7) is 0.651. The van der Waals surface area contributed by atoms with Crippen LogP contribution in [0.2, 0.25) is 0 Å². The third-order valence-electron chi connectivity index (χ3n) is 12.7. The van der Waals surface area contributed by atoms with Gasteiger partial charge < -0.3 is 20.0 Å². The van der Waals surface area contributed by atoms with Crippen LogP contribution in [0.25, 0.3) is 27.8 Å². The number of aliphatic carboxylic acids is 2. The van der Waals surface area contributed by atoms with Crippen molar-refractivity contribution in [3.63, 3.8) is 0 Å². The van der Waals surface area contributed by atoms with Gasteiger partial charge in [0.25, 0.3) is 0 Å². The highest BCUT2D eigenvalue weighted by molar-refractivity contribution is 7.11. The first-order valence-electron chi connectivity index (χ1n) is 22.5. The van der Waals surface area contributed by atoms with Gasteiger partial charge in [0, 0.05) is 35.8 Å². The molecule has 0 radical (unpaired) electrons. The maximum absolute atomic E-state index is 14.0. The lowest BCUT2D eigenvalue weighted by molar-refractivity contribution is -0.148. The molecule has 1 saturated heterocycles. The van der Waals surface area contributed by atoms with Crippen molar-refractivity contribution < 1.29 is 30.8 Å². The van der Waals surface area contributed by atoms with Gasteiger partial charge in [0.1, 0.15) is 12.1 Å². The molecule has 8 nitrogen and oxygen atoms in total. The number of carbonyl (C=O) groups is 4. The lowest BCUT2D eigenvalue weighted by Gasteiger charge is -2.27. The Morgan fingerprint density at radius 2 is 0.913 bits per heavy atom. The standard InChI is InChI=1S/C29H25NO3S.C29H23NO3S.CH4.H2/c2*31-28(26(21-12-6-2-7-13-21)22-14-8-3-9-15-22)30-19-23(18-25(30)29(32)33)27-24(16-17-34-27)20-10-4-1-5-11-20;;/h1-17,23,25-26H,18-19H2,(H,32,33);1-18,25-26H,19H2,(H,32,33);1H4;1H/t23?,25-;25-;;/m00../s1. The molecule has 3 atom stereocenters. The fourth-order valence-corrected chi connectivity index (χ4v) is 11.4. The predicted molar refractivity (Wildman–Crippen MR) is 279 cm³/mol. The fraction of sp³-hybridized carbons (Fsp3) is 0.153. The molecule has 10 rings (SSSR count). The molecule has 2 aliphatic rings. The molecular formula is C59H54N2O6S2. The normalized spacial score (nSPS) is 16.3. The largest absolute Gasteiger partial charge is 0.480 e. The van der Waals surface area contributed by atoms with Crippen LogP contribution in [-0.4, -0.2) is 68.9 Å². The van der Waals surface area contributed by atoms with Crippen LogP contribution in [0.3, 0.4) is 0 Å². The third kappa shape index (κ3) is 10.4. The predicted octanol–water partition coefficient (Wildman–Crippen LogP) is 12.8. The van der Waals surface area contributed by atoms with E-state index in [1.807, 2.05) is 181 Å². The number of hydrogen-bond acceptors (Lipinski definition) is 6. The Morgan fingerprint density at radius 1 is 0.507 bits per heavy atom. The van der Waals surface area contributed by atoms with E-state index >= 15 is 0 Å². The Labute approximate surface area is 412 Å². The minimum absolute atomic E-state index is 0. The second kappa shape index (κ2) is 22.0. The smallest absolute Gasteiger partial charge is 0.330 e. The number of likely N-dealkylation sites (tertiary alicyclic amines) is 1. The first-order valence-corrected chi connectivity index (χ1v) is 24.3. The summed E-state index contributed by atoms with van der Waals surface area (Å²) >= 11 is 3.21. The first-order chi connectivity index (χ1) is 33.3. The van der Waals surface area contributed by atoms with Gasteiger partial charge in [-0.2, -0.15) is 0 Å². The molecule has 8 aromatic rings. The molecular weight excluding hydrogens is 897 g/mol. The molecule has 0 spiro atoms. The number of hydrogen-bond donors (Lipinski definition) is 2. The summed E-state index contributed by atoms with van der Waals surface area (Å²) in [4.78, 5) is 57.7. The van der Waals surface area contributed by atoms with Crippen molar-refractivity contribution in [3.8, 4) is 22.3 Å². The Kier molecular flexibility index (Phi) is 15.2. The molecule has 6 aromatic carbocycles. The van der Waals surface area contributed by atoms with E-state index in [4.69, 9.17) is 0 Å². The zero-order chi connectivity index (χ0) is 47.0. The highest BCUT2D eigenvalue weighted by atomic mass is 32.1. The quantitative estimate of drug-likeness (QED) is 0.126. The zero-order valence-corrected chi connectivity index (χ0v) is 38.6. The summed E-state index contributed by atoms with van der Waals surface area (Å²) in [5.74, 6) is -3.49. The van der Waals surface area contributed by atoms with Gasteiger partial charge in [0.05, 0.1) is 11.8 Å². The van der Waals surface area contributed by atoms with Crippen LogP contribution < -0.4 is 0 Å². The highest BCUT2D eigenvalue weighted by Crippen LogP contribution is 2.43. The van der Waals surface area contributed by atoms with Gasteiger partial charge in [-0.25, -0.2) is 9.59 Å². The van der Waals surface area contributed by atoms with Crippen LogP contribution in [-0.2, 0) is 19.2 Å². The highest BCUT2D eigenvalue weighted by Gasteiger charge is 2.44. The van der Waals surface area contributed by atoms with E-state index in [0.717, 1.165) is 59.8 Å². The maximum atomic E-state index is 14.0. The maximum Gasteiger partial charge on any atom is 0.330 e. The van der Waals surface area contributed by atoms with E-state index in [0.29, 0.717) is 13.0 Å². The average molecular weight is 951 g/mol. The van der Waals surface area contributed by atoms with Crippen molar-refractivity contribution in [1.29, 1.82) is 0 Å². The van der Waals surface area contributed by atoms with E-state index in [9.17, 15) is 29.4 Å². The van der Waals surface area contributed by atoms with Crippen molar-refractivity contribution in [3.05, 3.63) is 243 Å². The van der Waals surface area contributed by atoms with E-state index < -0.39 is 35.9 Å². The fourth-order valence-electron chi connectivity index (χ4n) is 9.45. The molecule has 2 aromatic heterocycles. The second-order valence-electron chi connectivity index (χ2n) is 16.8. The Balaban J connectivity index is 0.000000201. The van der Waals surface area contributed by atoms with Crippen molar-refractivity contribution in [2.45, 2.75) is 43.7 Å². The van der Waals surface area contributed by atoms with Crippen LogP contribution in [0.4, 0.5) is 0 Å². The van der Waals surface area contributed by atoms with Crippen LogP contribution in [0.15, 0.2) is 211 Å². The number of carbonyl (C=O) groups excluding carboxylic acids is 2. The Morgan fingerprint density at radius 3 is 1.36 bits per heavy atom. The number of thiophene rings is 2. The van der Waals surface area contributed by atoms with Gasteiger partial charge in [-0.3, -0.25) is 9.59 Å². The summed E-state index contributed by atoms with van der Waals surface area (Å²) < 4.78 is 0. The monoisotopic (exact) mass is 950 g/mol. The minimum Gasteiger partial charge on any atom is -0.480 e. The van der Waals surface area contributed by atoms with E-state index in [1.165, 1.54) is 4.90 Å². The number of rotatable bonds is 12. The molecule has 69 heavy (non-hydrogen) atoms. The number of nitrogens with zero attached hydrogens (tertiary/aromatic N) is 2. The van der Waals surface area contributed by atoms with Gasteiger partial charge in [0.2, 0.25) is 11.8 Å². The van der Waals surface area contributed by atoms with Gasteiger partial charge >= 0.3 is 11.9 Å². The van der Waals surface area contributed by atoms with Gasteiger partial charge in [0.15, 0.2) is 0 Å². The number of amides is 2. The molecule has 0 bridgehead atoms. The Hall–Kier alpha value is -7.66. The van der Waals surface area contributed by atoms with Crippen molar-refractivity contribution in [1.82, 2.24) is 9.80 Å². The molecule has 2 amide bonds. The summed E-state index contributed by atoms with van der Waals surface area (Å²) in [7, 11) is 0. The molecule has 0 saturated carbocycles. The first kappa shape index (κ1) is 47.8. The zero-order valence-electron chi connectivity index (χ0n) is 37.0. The SMILES string of the molecule is C.O=C(O)[C@@H]1C=C(c2sccc2-c2ccccc2)CN1C(=O)C(c1ccccc1)c1ccccc1.O=C(O)[C@@H]1CC(c2sccc2-c2ccccc2)CN1C(=O)C(c1ccccc1)c1ccccc1.[HH]. The van der Waals surface area contributed by atoms with E-state index in [2.05, 4.69) is 23.6 Å².